The number of nitrogen functional groups attached to an aromatic ring is 1. The van der Waals surface area contributed by atoms with E-state index in [-0.39, 0.29) is 42.2 Å². The lowest BCUT2D eigenvalue weighted by atomic mass is 9.87. The number of phosphoric acid groups is 2. The third-order valence-corrected chi connectivity index (χ3v) is 11.1. The van der Waals surface area contributed by atoms with Gasteiger partial charge in [0.15, 0.2) is 17.7 Å². The van der Waals surface area contributed by atoms with Crippen LogP contribution in [0.25, 0.3) is 11.2 Å². The molecule has 0 bridgehead atoms. The smallest absolute Gasteiger partial charge is 0.481 e. The summed E-state index contributed by atoms with van der Waals surface area (Å²) in [6.45, 7) is 2.00. The largest absolute Gasteiger partial charge is 0.708 e. The van der Waals surface area contributed by atoms with E-state index in [1.165, 1.54) is 20.8 Å². The highest BCUT2D eigenvalue weighted by molar-refractivity contribution is 8.13. The predicted octanol–water partition coefficient (Wildman–Crippen LogP) is -1.06. The summed E-state index contributed by atoms with van der Waals surface area (Å²) in [6.07, 6.45) is -6.65. The van der Waals surface area contributed by atoms with E-state index in [2.05, 4.69) is 34.4 Å². The van der Waals surface area contributed by atoms with Gasteiger partial charge in [-0.15, -0.1) is 4.52 Å². The first-order chi connectivity index (χ1) is 25.0. The number of ether oxygens (including phenoxy) is 1. The monoisotopic (exact) mass is 850 g/mol. The Hall–Kier alpha value is -3.06. The topological polar surface area (TPSA) is 381 Å². The van der Waals surface area contributed by atoms with E-state index >= 15 is 0 Å². The van der Waals surface area contributed by atoms with Gasteiger partial charge in [-0.05, 0) is 11.2 Å². The zero-order valence-electron chi connectivity index (χ0n) is 28.6. The highest BCUT2D eigenvalue weighted by Gasteiger charge is 2.50. The first-order valence-electron chi connectivity index (χ1n) is 15.4. The molecule has 1 aliphatic heterocycles. The lowest BCUT2D eigenvalue weighted by molar-refractivity contribution is -0.143. The zero-order valence-corrected chi connectivity index (χ0v) is 32.1. The van der Waals surface area contributed by atoms with Crippen molar-refractivity contribution < 1.29 is 85.5 Å². The standard InChI is InChI=1S/C25H38N7O18P3S/c1-12(23(37)38)24(39)54-7-6-27-14(33)4-5-28-21(36)18(35)25(2,3)9-46-51(40)50-53(44,45)47-8-13-17(49-52(41,42)43)16(34)22(48-13)32-11-31-15-19(26)29-10-30-20(15)32/h10-13,16-18,22,34-35H,4-9H2,1-3H3,(H7-,26,27,28,29,30,33,36,37,38,41,42,43,44,45)/p+1/t12?,13-,16-,17-,18+,22-/m1/s1. The number of carbonyl (C=O) groups excluding carboxylic acids is 3. The molecule has 1 fully saturated rings. The maximum Gasteiger partial charge on any atom is 0.708 e. The quantitative estimate of drug-likeness (QED) is 0.0411. The third kappa shape index (κ3) is 13.0. The summed E-state index contributed by atoms with van der Waals surface area (Å²) in [5.74, 6) is -3.83. The minimum absolute atomic E-state index is 0.0290. The number of rotatable bonds is 21. The Labute approximate surface area is 310 Å². The van der Waals surface area contributed by atoms with Gasteiger partial charge in [-0.3, -0.25) is 37.7 Å². The van der Waals surface area contributed by atoms with Gasteiger partial charge in [-0.25, -0.2) is 24.1 Å². The van der Waals surface area contributed by atoms with E-state index in [1.807, 2.05) is 0 Å². The molecular formula is C25H39N7O18P3S+. The van der Waals surface area contributed by atoms with Crippen LogP contribution >= 0.6 is 35.7 Å². The Kier molecular flexibility index (Phi) is 16.1. The number of thioether (sulfide) groups is 1. The summed E-state index contributed by atoms with van der Waals surface area (Å²) < 4.78 is 62.2. The normalized spacial score (nSPS) is 21.6. The number of carboxylic acid groups (broad SMARTS) is 1. The number of hydrogen-bond acceptors (Lipinski definition) is 19. The number of anilines is 1. The molecule has 0 radical (unpaired) electrons. The average Bonchev–Trinajstić information content (AvgIpc) is 3.64. The van der Waals surface area contributed by atoms with Crippen molar-refractivity contribution in [3.63, 3.8) is 0 Å². The molecule has 54 heavy (non-hydrogen) atoms. The van der Waals surface area contributed by atoms with Crippen LogP contribution in [-0.2, 0) is 55.5 Å². The molecule has 3 unspecified atom stereocenters. The van der Waals surface area contributed by atoms with Crippen molar-refractivity contribution in [2.45, 2.75) is 57.8 Å². The third-order valence-electron chi connectivity index (χ3n) is 7.38. The summed E-state index contributed by atoms with van der Waals surface area (Å²) >= 11 is 0.743. The van der Waals surface area contributed by atoms with Crippen LogP contribution in [0, 0.1) is 11.3 Å². The molecule has 1 aliphatic rings. The predicted molar refractivity (Wildman–Crippen MR) is 182 cm³/mol. The maximum atomic E-state index is 12.6. The molecule has 0 aliphatic carbocycles. The van der Waals surface area contributed by atoms with Crippen molar-refractivity contribution in [3.05, 3.63) is 12.7 Å². The SMILES string of the molecule is CC(C(=O)O)C(=O)SCCNC(=O)CCNC(=O)[C@H](O)C(C)(C)CO[P+](=O)OP(=O)(O)OC[C@H]1O[C@@H](n2cnc3c(N)ncnc32)[C@H](O)[C@@H]1OP(=O)(O)O. The molecule has 302 valence electrons. The number of imidazole rings is 1. The van der Waals surface area contributed by atoms with Crippen LogP contribution in [0.3, 0.4) is 0 Å². The number of aliphatic carboxylic acids is 1. The molecule has 1 saturated heterocycles. The molecule has 25 nitrogen and oxygen atoms in total. The van der Waals surface area contributed by atoms with Crippen molar-refractivity contribution in [2.75, 3.05) is 37.8 Å². The fourth-order valence-corrected chi connectivity index (χ4v) is 7.59. The van der Waals surface area contributed by atoms with Crippen molar-refractivity contribution >= 4 is 75.5 Å². The van der Waals surface area contributed by atoms with Gasteiger partial charge in [0.05, 0.1) is 12.9 Å². The summed E-state index contributed by atoms with van der Waals surface area (Å²) in [6, 6.07) is 0. The van der Waals surface area contributed by atoms with E-state index < -0.39 is 102 Å². The number of phosphoric ester groups is 2. The van der Waals surface area contributed by atoms with Crippen LogP contribution < -0.4 is 16.4 Å². The molecule has 0 spiro atoms. The number of nitrogens with one attached hydrogen (secondary N) is 2. The van der Waals surface area contributed by atoms with Gasteiger partial charge in [-0.2, -0.15) is 0 Å². The zero-order chi connectivity index (χ0) is 40.6. The van der Waals surface area contributed by atoms with E-state index in [1.54, 1.807) is 0 Å². The van der Waals surface area contributed by atoms with Gasteiger partial charge >= 0.3 is 29.9 Å². The number of aliphatic hydroxyl groups excluding tert-OH is 2. The molecule has 2 amide bonds. The second kappa shape index (κ2) is 19.2. The second-order valence-corrected chi connectivity index (χ2v) is 16.9. The van der Waals surface area contributed by atoms with Crippen LogP contribution in [0.1, 0.15) is 33.4 Å². The second-order valence-electron chi connectivity index (χ2n) is 12.1. The van der Waals surface area contributed by atoms with Crippen LogP contribution in [0.5, 0.6) is 0 Å². The number of nitrogens with zero attached hydrogens (tertiary/aromatic N) is 4. The van der Waals surface area contributed by atoms with E-state index in [0.29, 0.717) is 0 Å². The maximum absolute atomic E-state index is 12.6. The molecule has 3 rings (SSSR count). The van der Waals surface area contributed by atoms with Gasteiger partial charge in [0.2, 0.25) is 16.9 Å². The Morgan fingerprint density at radius 1 is 1.15 bits per heavy atom. The fourth-order valence-electron chi connectivity index (χ4n) is 4.43. The van der Waals surface area contributed by atoms with Crippen molar-refractivity contribution in [1.29, 1.82) is 0 Å². The average molecular weight is 851 g/mol. The van der Waals surface area contributed by atoms with Crippen LogP contribution in [0.2, 0.25) is 0 Å². The van der Waals surface area contributed by atoms with Crippen molar-refractivity contribution in [1.82, 2.24) is 30.2 Å². The number of amides is 2. The van der Waals surface area contributed by atoms with Crippen LogP contribution in [-0.4, -0.2) is 129 Å². The van der Waals surface area contributed by atoms with E-state index in [0.717, 1.165) is 29.0 Å². The molecule has 29 heteroatoms. The minimum atomic E-state index is -5.29. The molecule has 10 N–H and O–H groups in total. The van der Waals surface area contributed by atoms with Crippen LogP contribution in [0.4, 0.5) is 5.82 Å². The number of nitrogens with two attached hydrogens (primary N) is 1. The van der Waals surface area contributed by atoms with Gasteiger partial charge < -0.3 is 46.2 Å². The van der Waals surface area contributed by atoms with E-state index in [4.69, 9.17) is 24.6 Å². The Morgan fingerprint density at radius 3 is 2.48 bits per heavy atom. The molecule has 2 aromatic rings. The van der Waals surface area contributed by atoms with Gasteiger partial charge in [0, 0.05) is 35.2 Å². The lowest BCUT2D eigenvalue weighted by Crippen LogP contribution is -2.46. The Balaban J connectivity index is 1.46. The molecule has 8 atom stereocenters. The molecule has 0 aromatic carbocycles. The summed E-state index contributed by atoms with van der Waals surface area (Å²) in [4.78, 5) is 87.6. The summed E-state index contributed by atoms with van der Waals surface area (Å²) in [5, 5.41) is 34.4. The molecule has 3 heterocycles. The minimum Gasteiger partial charge on any atom is -0.481 e. The number of fused-ring (bicyclic) bond motifs is 1. The fraction of sp³-hybridized carbons (Fsp3) is 0.640. The van der Waals surface area contributed by atoms with Crippen molar-refractivity contribution in [3.8, 4) is 0 Å². The van der Waals surface area contributed by atoms with E-state index in [9.17, 15) is 57.8 Å². The number of hydrogen-bond donors (Lipinski definition) is 9. The number of carboxylic acids is 1. The van der Waals surface area contributed by atoms with Crippen LogP contribution in [0.15, 0.2) is 12.7 Å². The molecular weight excluding hydrogens is 811 g/mol. The Bertz CT molecular complexity index is 1800. The lowest BCUT2D eigenvalue weighted by Gasteiger charge is -2.26. The number of aromatic nitrogens is 4. The number of aliphatic hydroxyl groups is 2. The first-order valence-corrected chi connectivity index (χ1v) is 20.5. The van der Waals surface area contributed by atoms with Gasteiger partial charge in [0.25, 0.3) is 0 Å². The summed E-state index contributed by atoms with van der Waals surface area (Å²) in [5.41, 5.74) is 4.43. The Morgan fingerprint density at radius 2 is 1.83 bits per heavy atom. The highest BCUT2D eigenvalue weighted by atomic mass is 32.2. The summed E-state index contributed by atoms with van der Waals surface area (Å²) in [7, 11) is -14.0. The highest BCUT2D eigenvalue weighted by Crippen LogP contribution is 2.54. The number of carbonyl (C=O) groups is 4. The van der Waals surface area contributed by atoms with Gasteiger partial charge in [-0.1, -0.05) is 25.6 Å². The van der Waals surface area contributed by atoms with Crippen molar-refractivity contribution in [2.24, 2.45) is 11.3 Å². The molecule has 2 aromatic heterocycles. The molecule has 0 saturated carbocycles. The first kappa shape index (κ1) is 45.3. The van der Waals surface area contributed by atoms with Gasteiger partial charge in [0.1, 0.15) is 48.8 Å².